The van der Waals surface area contributed by atoms with Gasteiger partial charge in [0.2, 0.25) is 0 Å². The lowest BCUT2D eigenvalue weighted by molar-refractivity contribution is 0.0856. The van der Waals surface area contributed by atoms with E-state index in [0.29, 0.717) is 18.1 Å². The number of ether oxygens (including phenoxy) is 1. The topological polar surface area (TPSA) is 47.0 Å². The zero-order valence-corrected chi connectivity index (χ0v) is 7.56. The first-order valence-corrected chi connectivity index (χ1v) is 4.02. The van der Waals surface area contributed by atoms with Crippen molar-refractivity contribution in [1.82, 2.24) is 9.55 Å². The third-order valence-corrected chi connectivity index (χ3v) is 1.67. The zero-order chi connectivity index (χ0) is 8.97. The van der Waals surface area contributed by atoms with Crippen molar-refractivity contribution in [1.29, 1.82) is 0 Å². The Bertz CT molecular complexity index is 355. The van der Waals surface area contributed by atoms with E-state index >= 15 is 0 Å². The quantitative estimate of drug-likeness (QED) is 0.713. The molecule has 1 rings (SSSR count). The van der Waals surface area contributed by atoms with Gasteiger partial charge in [0, 0.05) is 18.9 Å². The van der Waals surface area contributed by atoms with E-state index in [1.54, 1.807) is 10.8 Å². The van der Waals surface area contributed by atoms with E-state index in [9.17, 15) is 4.79 Å². The van der Waals surface area contributed by atoms with Crippen molar-refractivity contribution in [3.05, 3.63) is 27.4 Å². The normalized spacial score (nSPS) is 10.1. The number of aromatic amines is 1. The fourth-order valence-electron chi connectivity index (χ4n) is 0.736. The molecule has 0 amide bonds. The summed E-state index contributed by atoms with van der Waals surface area (Å²) >= 11 is 4.88. The van der Waals surface area contributed by atoms with E-state index in [1.165, 1.54) is 6.07 Å². The monoisotopic (exact) mass is 186 g/mol. The number of nitrogens with zero attached hydrogens (tertiary/aromatic N) is 1. The number of hydrogen-bond acceptors (Lipinski definition) is 3. The molecule has 12 heavy (non-hydrogen) atoms. The molecule has 1 aromatic rings. The highest BCUT2D eigenvalue weighted by molar-refractivity contribution is 7.71. The molecule has 0 aromatic carbocycles. The average molecular weight is 186 g/mol. The van der Waals surface area contributed by atoms with Crippen molar-refractivity contribution in [3.8, 4) is 0 Å². The molecule has 0 aliphatic carbocycles. The molecule has 0 unspecified atom stereocenters. The lowest BCUT2D eigenvalue weighted by atomic mass is 10.6. The molecule has 0 spiro atoms. The number of nitrogens with one attached hydrogen (secondary N) is 1. The predicted molar refractivity (Wildman–Crippen MR) is 47.5 cm³/mol. The molecule has 0 fully saturated rings. The fourth-order valence-corrected chi connectivity index (χ4v) is 0.950. The summed E-state index contributed by atoms with van der Waals surface area (Å²) in [5, 5.41) is 0. The second kappa shape index (κ2) is 4.18. The maximum Gasteiger partial charge on any atom is 0.251 e. The molecule has 0 radical (unpaired) electrons. The molecule has 0 atom stereocenters. The Hall–Kier alpha value is -0.940. The summed E-state index contributed by atoms with van der Waals surface area (Å²) < 4.78 is 7.15. The van der Waals surface area contributed by atoms with Crippen LogP contribution in [0, 0.1) is 4.77 Å². The second-order valence-corrected chi connectivity index (χ2v) is 2.59. The standard InChI is InChI=1S/C7H10N2O2S/c1-2-11-5-9-4-3-6(10)8-7(9)12/h3-4H,2,5H2,1H3,(H,8,10,12). The second-order valence-electron chi connectivity index (χ2n) is 2.20. The van der Waals surface area contributed by atoms with Gasteiger partial charge in [-0.05, 0) is 19.1 Å². The zero-order valence-electron chi connectivity index (χ0n) is 6.74. The van der Waals surface area contributed by atoms with E-state index < -0.39 is 0 Å². The molecule has 5 heteroatoms. The number of rotatable bonds is 3. The van der Waals surface area contributed by atoms with E-state index in [0.717, 1.165) is 0 Å². The van der Waals surface area contributed by atoms with Crippen LogP contribution in [0.2, 0.25) is 0 Å². The molecule has 0 aliphatic rings. The van der Waals surface area contributed by atoms with E-state index in [4.69, 9.17) is 17.0 Å². The lowest BCUT2D eigenvalue weighted by Gasteiger charge is -2.04. The molecule has 66 valence electrons. The average Bonchev–Trinajstić information content (AvgIpc) is 2.03. The van der Waals surface area contributed by atoms with Gasteiger partial charge in [0.15, 0.2) is 4.77 Å². The van der Waals surface area contributed by atoms with Crippen molar-refractivity contribution in [3.63, 3.8) is 0 Å². The van der Waals surface area contributed by atoms with Gasteiger partial charge in [-0.15, -0.1) is 0 Å². The fraction of sp³-hybridized carbons (Fsp3) is 0.429. The lowest BCUT2D eigenvalue weighted by Crippen LogP contribution is -2.12. The Balaban J connectivity index is 2.87. The molecular weight excluding hydrogens is 176 g/mol. The first-order chi connectivity index (χ1) is 5.74. The molecule has 1 heterocycles. The number of aromatic nitrogens is 2. The number of hydrogen-bond donors (Lipinski definition) is 1. The summed E-state index contributed by atoms with van der Waals surface area (Å²) in [6.45, 7) is 2.91. The van der Waals surface area contributed by atoms with Crippen LogP contribution in [0.5, 0.6) is 0 Å². The van der Waals surface area contributed by atoms with E-state index in [-0.39, 0.29) is 5.56 Å². The minimum absolute atomic E-state index is 0.187. The largest absolute Gasteiger partial charge is 0.361 e. The Morgan fingerprint density at radius 1 is 1.75 bits per heavy atom. The molecule has 0 saturated carbocycles. The van der Waals surface area contributed by atoms with Gasteiger partial charge in [0.1, 0.15) is 6.73 Å². The predicted octanol–water partition coefficient (Wildman–Crippen LogP) is 0.900. The number of H-pyrrole nitrogens is 1. The van der Waals surface area contributed by atoms with Crippen LogP contribution >= 0.6 is 12.2 Å². The van der Waals surface area contributed by atoms with Crippen LogP contribution in [-0.2, 0) is 11.5 Å². The maximum atomic E-state index is 10.7. The Morgan fingerprint density at radius 3 is 3.08 bits per heavy atom. The first kappa shape index (κ1) is 9.15. The van der Waals surface area contributed by atoms with E-state index in [1.807, 2.05) is 6.92 Å². The van der Waals surface area contributed by atoms with Crippen LogP contribution in [0.25, 0.3) is 0 Å². The Labute approximate surface area is 74.8 Å². The first-order valence-electron chi connectivity index (χ1n) is 3.61. The third kappa shape index (κ3) is 2.28. The molecule has 0 aliphatic heterocycles. The van der Waals surface area contributed by atoms with Gasteiger partial charge >= 0.3 is 0 Å². The molecular formula is C7H10N2O2S. The third-order valence-electron chi connectivity index (χ3n) is 1.33. The molecule has 0 bridgehead atoms. The Morgan fingerprint density at radius 2 is 2.50 bits per heavy atom. The van der Waals surface area contributed by atoms with Crippen LogP contribution in [-0.4, -0.2) is 16.2 Å². The summed E-state index contributed by atoms with van der Waals surface area (Å²) in [5.74, 6) is 0. The van der Waals surface area contributed by atoms with Gasteiger partial charge in [0.05, 0.1) is 0 Å². The van der Waals surface area contributed by atoms with Crippen LogP contribution in [0.3, 0.4) is 0 Å². The van der Waals surface area contributed by atoms with Gasteiger partial charge in [-0.2, -0.15) is 0 Å². The SMILES string of the molecule is CCOCn1ccc(=O)[nH]c1=S. The summed E-state index contributed by atoms with van der Waals surface area (Å²) in [7, 11) is 0. The summed E-state index contributed by atoms with van der Waals surface area (Å²) in [6, 6.07) is 1.41. The summed E-state index contributed by atoms with van der Waals surface area (Å²) in [5.41, 5.74) is -0.187. The highest BCUT2D eigenvalue weighted by Gasteiger charge is 1.90. The summed E-state index contributed by atoms with van der Waals surface area (Å²) in [6.07, 6.45) is 1.61. The Kier molecular flexibility index (Phi) is 3.19. The highest BCUT2D eigenvalue weighted by Crippen LogP contribution is 1.87. The highest BCUT2D eigenvalue weighted by atomic mass is 32.1. The van der Waals surface area contributed by atoms with Gasteiger partial charge in [-0.3, -0.25) is 9.78 Å². The minimum atomic E-state index is -0.187. The minimum Gasteiger partial charge on any atom is -0.361 e. The van der Waals surface area contributed by atoms with Crippen molar-refractivity contribution in [2.45, 2.75) is 13.7 Å². The maximum absolute atomic E-state index is 10.7. The molecule has 0 saturated heterocycles. The van der Waals surface area contributed by atoms with Crippen molar-refractivity contribution in [2.75, 3.05) is 6.61 Å². The van der Waals surface area contributed by atoms with Gasteiger partial charge < -0.3 is 9.30 Å². The molecule has 1 aromatic heterocycles. The summed E-state index contributed by atoms with van der Waals surface area (Å²) in [4.78, 5) is 13.2. The van der Waals surface area contributed by atoms with Gasteiger partial charge in [-0.1, -0.05) is 0 Å². The van der Waals surface area contributed by atoms with Crippen LogP contribution in [0.1, 0.15) is 6.92 Å². The van der Waals surface area contributed by atoms with Crippen LogP contribution in [0.4, 0.5) is 0 Å². The van der Waals surface area contributed by atoms with E-state index in [2.05, 4.69) is 4.98 Å². The molecule has 4 nitrogen and oxygen atoms in total. The van der Waals surface area contributed by atoms with Crippen molar-refractivity contribution >= 4 is 12.2 Å². The van der Waals surface area contributed by atoms with Gasteiger partial charge in [-0.25, -0.2) is 0 Å². The van der Waals surface area contributed by atoms with Crippen molar-refractivity contribution in [2.24, 2.45) is 0 Å². The van der Waals surface area contributed by atoms with Crippen molar-refractivity contribution < 1.29 is 4.74 Å². The smallest absolute Gasteiger partial charge is 0.251 e. The van der Waals surface area contributed by atoms with Gasteiger partial charge in [0.25, 0.3) is 5.56 Å². The molecule has 1 N–H and O–H groups in total. The van der Waals surface area contributed by atoms with Crippen LogP contribution < -0.4 is 5.56 Å². The van der Waals surface area contributed by atoms with Crippen LogP contribution in [0.15, 0.2) is 17.1 Å².